The van der Waals surface area contributed by atoms with Gasteiger partial charge in [0.2, 0.25) is 0 Å². The van der Waals surface area contributed by atoms with Crippen LogP contribution >= 0.6 is 0 Å². The second kappa shape index (κ2) is 3.46. The van der Waals surface area contributed by atoms with Gasteiger partial charge in [-0.3, -0.25) is 0 Å². The van der Waals surface area contributed by atoms with Gasteiger partial charge in [-0.2, -0.15) is 0 Å². The van der Waals surface area contributed by atoms with Crippen LogP contribution in [0.15, 0.2) is 0 Å². The van der Waals surface area contributed by atoms with Crippen LogP contribution < -0.4 is 0 Å². The molecule has 2 rings (SSSR count). The summed E-state index contributed by atoms with van der Waals surface area (Å²) in [5, 5.41) is 10.7. The minimum absolute atomic E-state index is 0.0610. The van der Waals surface area contributed by atoms with Crippen LogP contribution in [0.2, 0.25) is 0 Å². The van der Waals surface area contributed by atoms with E-state index in [9.17, 15) is 5.11 Å². The zero-order valence-corrected chi connectivity index (χ0v) is 10.2. The Balaban J connectivity index is 2.44. The fourth-order valence-electron chi connectivity index (χ4n) is 3.12. The molecule has 0 aromatic carbocycles. The van der Waals surface area contributed by atoms with Gasteiger partial charge in [0, 0.05) is 6.42 Å². The van der Waals surface area contributed by atoms with Crippen LogP contribution in [-0.2, 0) is 9.47 Å². The largest absolute Gasteiger partial charge is 0.377 e. The van der Waals surface area contributed by atoms with Gasteiger partial charge in [0.25, 0.3) is 0 Å². The van der Waals surface area contributed by atoms with E-state index >= 15 is 0 Å². The Morgan fingerprint density at radius 1 is 1.31 bits per heavy atom. The van der Waals surface area contributed by atoms with Crippen molar-refractivity contribution in [3.05, 3.63) is 0 Å². The van der Waals surface area contributed by atoms with Crippen molar-refractivity contribution in [3.8, 4) is 12.3 Å². The van der Waals surface area contributed by atoms with Crippen LogP contribution in [-0.4, -0.2) is 29.7 Å². The molecule has 1 aliphatic carbocycles. The summed E-state index contributed by atoms with van der Waals surface area (Å²) >= 11 is 0. The monoisotopic (exact) mass is 224 g/mol. The molecule has 90 valence electrons. The van der Waals surface area contributed by atoms with Crippen LogP contribution in [0.5, 0.6) is 0 Å². The van der Waals surface area contributed by atoms with E-state index in [1.807, 2.05) is 20.8 Å². The minimum Gasteiger partial charge on any atom is -0.377 e. The van der Waals surface area contributed by atoms with E-state index in [0.717, 1.165) is 12.8 Å². The summed E-state index contributed by atoms with van der Waals surface area (Å²) in [6.45, 7) is 7.03. The predicted octanol–water partition coefficient (Wildman–Crippen LogP) is 1.55. The van der Waals surface area contributed by atoms with E-state index < -0.39 is 16.8 Å². The maximum absolute atomic E-state index is 10.7. The van der Waals surface area contributed by atoms with Gasteiger partial charge in [0.15, 0.2) is 5.79 Å². The van der Waals surface area contributed by atoms with Crippen molar-refractivity contribution in [2.75, 3.05) is 13.2 Å². The first-order valence-electron chi connectivity index (χ1n) is 5.88. The zero-order chi connectivity index (χ0) is 12.0. The van der Waals surface area contributed by atoms with Gasteiger partial charge in [-0.05, 0) is 12.3 Å². The number of hydrogen-bond acceptors (Lipinski definition) is 3. The highest BCUT2D eigenvalue weighted by molar-refractivity contribution is 5.22. The molecule has 2 fully saturated rings. The molecule has 1 saturated carbocycles. The molecule has 0 radical (unpaired) electrons. The molecule has 1 saturated heterocycles. The number of hydrogen-bond donors (Lipinski definition) is 1. The third-order valence-electron chi connectivity index (χ3n) is 4.50. The van der Waals surface area contributed by atoms with Gasteiger partial charge in [-0.25, -0.2) is 0 Å². The lowest BCUT2D eigenvalue weighted by Gasteiger charge is -2.55. The highest BCUT2D eigenvalue weighted by Crippen LogP contribution is 2.55. The van der Waals surface area contributed by atoms with Gasteiger partial charge in [-0.15, -0.1) is 6.42 Å². The van der Waals surface area contributed by atoms with Crippen LogP contribution in [0, 0.1) is 23.7 Å². The van der Waals surface area contributed by atoms with E-state index in [-0.39, 0.29) is 5.92 Å². The standard InChI is InChI=1S/C13H20O3/c1-5-12(14)10(2)6-7-13(11(12,3)4)15-8-9-16-13/h1,10,14H,6-9H2,2-4H3. The van der Waals surface area contributed by atoms with E-state index in [1.165, 1.54) is 0 Å². The molecule has 1 aliphatic heterocycles. The summed E-state index contributed by atoms with van der Waals surface area (Å²) in [7, 11) is 0. The average Bonchev–Trinajstić information content (AvgIpc) is 2.72. The Bertz CT molecular complexity index is 323. The molecule has 0 aromatic heterocycles. The first-order chi connectivity index (χ1) is 7.40. The second-order valence-corrected chi connectivity index (χ2v) is 5.43. The molecule has 16 heavy (non-hydrogen) atoms. The van der Waals surface area contributed by atoms with E-state index in [1.54, 1.807) is 0 Å². The molecule has 1 N–H and O–H groups in total. The predicted molar refractivity (Wildman–Crippen MR) is 60.6 cm³/mol. The summed E-state index contributed by atoms with van der Waals surface area (Å²) in [5.74, 6) is 1.92. The third kappa shape index (κ3) is 1.21. The Morgan fingerprint density at radius 2 is 1.88 bits per heavy atom. The first kappa shape index (κ1) is 11.9. The third-order valence-corrected chi connectivity index (χ3v) is 4.50. The molecule has 3 heteroatoms. The van der Waals surface area contributed by atoms with Gasteiger partial charge in [-0.1, -0.05) is 26.7 Å². The molecular weight excluding hydrogens is 204 g/mol. The van der Waals surface area contributed by atoms with Crippen LogP contribution in [0.4, 0.5) is 0 Å². The molecule has 0 amide bonds. The SMILES string of the molecule is C#CC1(O)C(C)CCC2(OCCO2)C1(C)C. The van der Waals surface area contributed by atoms with Crippen LogP contribution in [0.3, 0.4) is 0 Å². The average molecular weight is 224 g/mol. The smallest absolute Gasteiger partial charge is 0.177 e. The quantitative estimate of drug-likeness (QED) is 0.634. The van der Waals surface area contributed by atoms with Crippen LogP contribution in [0.25, 0.3) is 0 Å². The Hall–Kier alpha value is -0.560. The Morgan fingerprint density at radius 3 is 2.38 bits per heavy atom. The van der Waals surface area contributed by atoms with Crippen LogP contribution in [0.1, 0.15) is 33.6 Å². The highest BCUT2D eigenvalue weighted by Gasteiger charge is 2.64. The van der Waals surface area contributed by atoms with Crippen molar-refractivity contribution < 1.29 is 14.6 Å². The van der Waals surface area contributed by atoms with Crippen molar-refractivity contribution in [1.82, 2.24) is 0 Å². The lowest BCUT2D eigenvalue weighted by Crippen LogP contribution is -2.64. The molecule has 2 aliphatic rings. The lowest BCUT2D eigenvalue weighted by molar-refractivity contribution is -0.299. The Kier molecular flexibility index (Phi) is 2.58. The first-order valence-corrected chi connectivity index (χ1v) is 5.88. The lowest BCUT2D eigenvalue weighted by atomic mass is 9.57. The molecule has 0 aromatic rings. The summed E-state index contributed by atoms with van der Waals surface area (Å²) in [6.07, 6.45) is 7.16. The van der Waals surface area contributed by atoms with Crippen molar-refractivity contribution in [3.63, 3.8) is 0 Å². The highest BCUT2D eigenvalue weighted by atomic mass is 16.7. The van der Waals surface area contributed by atoms with Gasteiger partial charge in [0.1, 0.15) is 5.60 Å². The second-order valence-electron chi connectivity index (χ2n) is 5.43. The molecule has 0 bridgehead atoms. The van der Waals surface area contributed by atoms with Crippen molar-refractivity contribution >= 4 is 0 Å². The molecule has 2 unspecified atom stereocenters. The van der Waals surface area contributed by atoms with E-state index in [2.05, 4.69) is 5.92 Å². The van der Waals surface area contributed by atoms with Gasteiger partial charge >= 0.3 is 0 Å². The zero-order valence-electron chi connectivity index (χ0n) is 10.2. The summed E-state index contributed by atoms with van der Waals surface area (Å²) in [6, 6.07) is 0. The molecule has 2 atom stereocenters. The van der Waals surface area contributed by atoms with Crippen molar-refractivity contribution in [2.24, 2.45) is 11.3 Å². The fourth-order valence-corrected chi connectivity index (χ4v) is 3.12. The topological polar surface area (TPSA) is 38.7 Å². The Labute approximate surface area is 97.1 Å². The van der Waals surface area contributed by atoms with Gasteiger partial charge in [0.05, 0.1) is 18.6 Å². The molecule has 3 nitrogen and oxygen atoms in total. The molecular formula is C13H20O3. The molecule has 1 spiro atoms. The number of rotatable bonds is 0. The summed E-state index contributed by atoms with van der Waals surface area (Å²) in [4.78, 5) is 0. The summed E-state index contributed by atoms with van der Waals surface area (Å²) in [5.41, 5.74) is -1.77. The number of ether oxygens (including phenoxy) is 2. The van der Waals surface area contributed by atoms with E-state index in [4.69, 9.17) is 15.9 Å². The maximum Gasteiger partial charge on any atom is 0.177 e. The molecule has 1 heterocycles. The maximum atomic E-state index is 10.7. The van der Waals surface area contributed by atoms with Crippen molar-refractivity contribution in [2.45, 2.75) is 45.0 Å². The van der Waals surface area contributed by atoms with Crippen molar-refractivity contribution in [1.29, 1.82) is 0 Å². The number of aliphatic hydroxyl groups is 1. The normalized spacial score (nSPS) is 40.8. The fraction of sp³-hybridized carbons (Fsp3) is 0.846. The van der Waals surface area contributed by atoms with E-state index in [0.29, 0.717) is 13.2 Å². The summed E-state index contributed by atoms with van der Waals surface area (Å²) < 4.78 is 11.5. The minimum atomic E-state index is -1.17. The van der Waals surface area contributed by atoms with Gasteiger partial charge < -0.3 is 14.6 Å². The number of terminal acetylenes is 1.